The minimum atomic E-state index is -0.613. The van der Waals surface area contributed by atoms with Crippen molar-refractivity contribution < 1.29 is 23.5 Å². The summed E-state index contributed by atoms with van der Waals surface area (Å²) in [6, 6.07) is 8.16. The van der Waals surface area contributed by atoms with Gasteiger partial charge in [0.1, 0.15) is 6.26 Å². The first kappa shape index (κ1) is 19.9. The molecule has 1 N–H and O–H groups in total. The number of anilines is 1. The van der Waals surface area contributed by atoms with Crippen molar-refractivity contribution in [3.05, 3.63) is 47.7 Å². The number of esters is 1. The molecule has 9 heteroatoms. The summed E-state index contributed by atoms with van der Waals surface area (Å²) in [6.07, 6.45) is 1.80. The summed E-state index contributed by atoms with van der Waals surface area (Å²) >= 11 is 0. The van der Waals surface area contributed by atoms with Crippen molar-refractivity contribution in [2.24, 2.45) is 0 Å². The number of rotatable bonds is 8. The number of hydrogen-bond acceptors (Lipinski definition) is 7. The van der Waals surface area contributed by atoms with Crippen molar-refractivity contribution in [1.29, 1.82) is 5.26 Å². The van der Waals surface area contributed by atoms with Crippen LogP contribution in [0.15, 0.2) is 34.9 Å². The second-order valence-corrected chi connectivity index (χ2v) is 5.51. The number of amides is 2. The molecule has 0 spiro atoms. The van der Waals surface area contributed by atoms with Gasteiger partial charge in [0.25, 0.3) is 0 Å². The van der Waals surface area contributed by atoms with Gasteiger partial charge < -0.3 is 24.1 Å². The van der Waals surface area contributed by atoms with Gasteiger partial charge in [0.15, 0.2) is 5.69 Å². The molecule has 0 aliphatic rings. The lowest BCUT2D eigenvalue weighted by Gasteiger charge is -2.21. The van der Waals surface area contributed by atoms with Gasteiger partial charge in [-0.3, -0.25) is 0 Å². The van der Waals surface area contributed by atoms with Gasteiger partial charge in [0.05, 0.1) is 25.3 Å². The number of ether oxygens (including phenoxy) is 2. The number of hydrogen-bond donors (Lipinski definition) is 1. The number of nitrogens with zero attached hydrogens (tertiary/aromatic N) is 3. The molecule has 142 valence electrons. The highest BCUT2D eigenvalue weighted by Gasteiger charge is 2.19. The number of carbonyl (C=O) groups is 2. The fourth-order valence-corrected chi connectivity index (χ4v) is 2.23. The van der Waals surface area contributed by atoms with Crippen molar-refractivity contribution in [2.75, 3.05) is 32.7 Å². The van der Waals surface area contributed by atoms with Crippen molar-refractivity contribution in [3.63, 3.8) is 0 Å². The number of benzene rings is 1. The standard InChI is InChI=1S/C18H20N4O5/c1-25-9-3-8-22(11-16-21-15(12-27-16)17(23)26-2)18(24)20-14-6-4-13(10-19)5-7-14/h4-7,12H,3,8-9,11H2,1-2H3,(H,20,24). The van der Waals surface area contributed by atoms with E-state index in [1.807, 2.05) is 6.07 Å². The molecule has 0 atom stereocenters. The number of nitrogens with one attached hydrogen (secondary N) is 1. The quantitative estimate of drug-likeness (QED) is 0.558. The highest BCUT2D eigenvalue weighted by atomic mass is 16.5. The zero-order valence-electron chi connectivity index (χ0n) is 15.1. The topological polar surface area (TPSA) is 118 Å². The van der Waals surface area contributed by atoms with Crippen LogP contribution in [0.5, 0.6) is 0 Å². The summed E-state index contributed by atoms with van der Waals surface area (Å²) in [5.74, 6) is -0.402. The molecule has 27 heavy (non-hydrogen) atoms. The summed E-state index contributed by atoms with van der Waals surface area (Å²) in [6.45, 7) is 0.953. The minimum absolute atomic E-state index is 0.0387. The molecule has 0 bridgehead atoms. The van der Waals surface area contributed by atoms with Gasteiger partial charge in [-0.15, -0.1) is 0 Å². The number of carbonyl (C=O) groups excluding carboxylic acids is 2. The molecule has 2 amide bonds. The summed E-state index contributed by atoms with van der Waals surface area (Å²) in [4.78, 5) is 29.6. The molecule has 0 fully saturated rings. The number of nitriles is 1. The number of oxazole rings is 1. The van der Waals surface area contributed by atoms with E-state index >= 15 is 0 Å². The Bertz CT molecular complexity index is 810. The second-order valence-electron chi connectivity index (χ2n) is 5.51. The third-order valence-electron chi connectivity index (χ3n) is 3.60. The predicted octanol–water partition coefficient (Wildman–Crippen LogP) is 2.40. The van der Waals surface area contributed by atoms with Crippen LogP contribution in [0, 0.1) is 11.3 Å². The van der Waals surface area contributed by atoms with Crippen LogP contribution in [0.2, 0.25) is 0 Å². The molecule has 0 unspecified atom stereocenters. The molecule has 2 rings (SSSR count). The summed E-state index contributed by atoms with van der Waals surface area (Å²) in [5.41, 5.74) is 1.09. The summed E-state index contributed by atoms with van der Waals surface area (Å²) < 4.78 is 14.9. The largest absolute Gasteiger partial charge is 0.464 e. The number of methoxy groups -OCH3 is 2. The van der Waals surface area contributed by atoms with Crippen LogP contribution in [-0.2, 0) is 16.0 Å². The molecular formula is C18H20N4O5. The first-order valence-corrected chi connectivity index (χ1v) is 8.15. The van der Waals surface area contributed by atoms with Crippen molar-refractivity contribution >= 4 is 17.7 Å². The van der Waals surface area contributed by atoms with E-state index in [1.165, 1.54) is 18.3 Å². The minimum Gasteiger partial charge on any atom is -0.464 e. The van der Waals surface area contributed by atoms with Crippen LogP contribution in [0.1, 0.15) is 28.4 Å². The second kappa shape index (κ2) is 9.94. The monoisotopic (exact) mass is 372 g/mol. The molecule has 0 radical (unpaired) electrons. The molecule has 1 heterocycles. The van der Waals surface area contributed by atoms with Crippen molar-refractivity contribution in [1.82, 2.24) is 9.88 Å². The molecule has 0 saturated carbocycles. The average Bonchev–Trinajstić information content (AvgIpc) is 3.16. The maximum absolute atomic E-state index is 12.6. The molecule has 1 aromatic carbocycles. The van der Waals surface area contributed by atoms with Crippen LogP contribution < -0.4 is 5.32 Å². The highest BCUT2D eigenvalue weighted by Crippen LogP contribution is 2.12. The Labute approximate surface area is 156 Å². The van der Waals surface area contributed by atoms with E-state index < -0.39 is 5.97 Å². The van der Waals surface area contributed by atoms with E-state index in [4.69, 9.17) is 14.4 Å². The Morgan fingerprint density at radius 3 is 2.67 bits per heavy atom. The fourth-order valence-electron chi connectivity index (χ4n) is 2.23. The lowest BCUT2D eigenvalue weighted by atomic mass is 10.2. The SMILES string of the molecule is COCCCN(Cc1nc(C(=O)OC)co1)C(=O)Nc1ccc(C#N)cc1. The molecule has 1 aromatic heterocycles. The van der Waals surface area contributed by atoms with Gasteiger partial charge in [-0.25, -0.2) is 14.6 Å². The zero-order chi connectivity index (χ0) is 19.6. The normalized spacial score (nSPS) is 10.1. The maximum Gasteiger partial charge on any atom is 0.360 e. The van der Waals surface area contributed by atoms with Gasteiger partial charge in [-0.05, 0) is 30.7 Å². The van der Waals surface area contributed by atoms with Gasteiger partial charge in [-0.1, -0.05) is 0 Å². The van der Waals surface area contributed by atoms with Crippen LogP contribution in [0.3, 0.4) is 0 Å². The zero-order valence-corrected chi connectivity index (χ0v) is 15.1. The summed E-state index contributed by atoms with van der Waals surface area (Å²) in [5, 5.41) is 11.6. The molecular weight excluding hydrogens is 352 g/mol. The molecule has 0 aliphatic heterocycles. The lowest BCUT2D eigenvalue weighted by molar-refractivity contribution is 0.0594. The lowest BCUT2D eigenvalue weighted by Crippen LogP contribution is -2.35. The van der Waals surface area contributed by atoms with Crippen LogP contribution >= 0.6 is 0 Å². The number of aromatic nitrogens is 1. The summed E-state index contributed by atoms with van der Waals surface area (Å²) in [7, 11) is 2.83. The smallest absolute Gasteiger partial charge is 0.360 e. The van der Waals surface area contributed by atoms with E-state index in [2.05, 4.69) is 15.0 Å². The van der Waals surface area contributed by atoms with Gasteiger partial charge >= 0.3 is 12.0 Å². The Hall–Kier alpha value is -3.38. The fraction of sp³-hybridized carbons (Fsp3) is 0.333. The predicted molar refractivity (Wildman–Crippen MR) is 94.9 cm³/mol. The first-order chi connectivity index (χ1) is 13.1. The van der Waals surface area contributed by atoms with E-state index in [0.29, 0.717) is 30.8 Å². The van der Waals surface area contributed by atoms with Gasteiger partial charge in [-0.2, -0.15) is 5.26 Å². The maximum atomic E-state index is 12.6. The average molecular weight is 372 g/mol. The van der Waals surface area contributed by atoms with Gasteiger partial charge in [0, 0.05) is 25.9 Å². The van der Waals surface area contributed by atoms with E-state index in [-0.39, 0.29) is 24.2 Å². The number of urea groups is 1. The third kappa shape index (κ3) is 5.83. The van der Waals surface area contributed by atoms with Crippen LogP contribution in [0.4, 0.5) is 10.5 Å². The molecule has 2 aromatic rings. The Balaban J connectivity index is 2.07. The Kier molecular flexibility index (Phi) is 7.34. The third-order valence-corrected chi connectivity index (χ3v) is 3.60. The Morgan fingerprint density at radius 1 is 1.30 bits per heavy atom. The van der Waals surface area contributed by atoms with E-state index in [1.54, 1.807) is 31.4 Å². The molecule has 0 saturated heterocycles. The van der Waals surface area contributed by atoms with Crippen LogP contribution in [-0.4, -0.2) is 49.3 Å². The highest BCUT2D eigenvalue weighted by molar-refractivity contribution is 5.89. The molecule has 0 aliphatic carbocycles. The van der Waals surface area contributed by atoms with Gasteiger partial charge in [0.2, 0.25) is 5.89 Å². The first-order valence-electron chi connectivity index (χ1n) is 8.15. The Morgan fingerprint density at radius 2 is 2.04 bits per heavy atom. The van der Waals surface area contributed by atoms with Crippen LogP contribution in [0.25, 0.3) is 0 Å². The molecule has 9 nitrogen and oxygen atoms in total. The van der Waals surface area contributed by atoms with Crippen molar-refractivity contribution in [3.8, 4) is 6.07 Å². The van der Waals surface area contributed by atoms with Crippen molar-refractivity contribution in [2.45, 2.75) is 13.0 Å². The van der Waals surface area contributed by atoms with E-state index in [0.717, 1.165) is 0 Å². The van der Waals surface area contributed by atoms with E-state index in [9.17, 15) is 9.59 Å².